The Morgan fingerprint density at radius 1 is 1.09 bits per heavy atom. The number of carbonyl (C=O) groups is 1. The van der Waals surface area contributed by atoms with Crippen LogP contribution in [0.4, 0.5) is 4.39 Å². The molecule has 0 aliphatic carbocycles. The lowest BCUT2D eigenvalue weighted by Gasteiger charge is -2.34. The van der Waals surface area contributed by atoms with Crippen LogP contribution in [0.15, 0.2) is 47.4 Å². The summed E-state index contributed by atoms with van der Waals surface area (Å²) in [5.41, 5.74) is 1.04. The largest absolute Gasteiger partial charge is 0.336 e. The average Bonchev–Trinajstić information content (AvgIpc) is 2.57. The van der Waals surface area contributed by atoms with Gasteiger partial charge in [-0.05, 0) is 17.7 Å². The van der Waals surface area contributed by atoms with Gasteiger partial charge in [-0.2, -0.15) is 0 Å². The second kappa shape index (κ2) is 6.75. The third-order valence-corrected chi connectivity index (χ3v) is 4.02. The van der Waals surface area contributed by atoms with E-state index in [0.29, 0.717) is 13.1 Å². The van der Waals surface area contributed by atoms with Gasteiger partial charge in [0.05, 0.1) is 5.56 Å². The highest BCUT2D eigenvalue weighted by Gasteiger charge is 2.23. The molecular formula is C17H18FN3O2. The molecule has 0 unspecified atom stereocenters. The van der Waals surface area contributed by atoms with Crippen LogP contribution in [0.2, 0.25) is 0 Å². The molecule has 0 bridgehead atoms. The maximum absolute atomic E-state index is 13.7. The standard InChI is InChI=1S/C17H18FN3O2/c18-15-4-2-1-3-14(15)17(23)21-9-7-20(8-10-21)12-13-5-6-16(22)19-11-13/h1-6,11H,7-10,12H2,(H,19,22). The van der Waals surface area contributed by atoms with Gasteiger partial charge in [-0.25, -0.2) is 4.39 Å². The number of benzene rings is 1. The molecule has 0 atom stereocenters. The van der Waals surface area contributed by atoms with Gasteiger partial charge in [0.2, 0.25) is 5.56 Å². The fourth-order valence-electron chi connectivity index (χ4n) is 2.71. The molecule has 120 valence electrons. The Labute approximate surface area is 133 Å². The lowest BCUT2D eigenvalue weighted by atomic mass is 10.1. The van der Waals surface area contributed by atoms with Crippen molar-refractivity contribution in [3.05, 3.63) is 69.9 Å². The summed E-state index contributed by atoms with van der Waals surface area (Å²) in [6.07, 6.45) is 1.71. The quantitative estimate of drug-likeness (QED) is 0.933. The third kappa shape index (κ3) is 3.65. The fourth-order valence-corrected chi connectivity index (χ4v) is 2.71. The van der Waals surface area contributed by atoms with E-state index >= 15 is 0 Å². The van der Waals surface area contributed by atoms with E-state index in [1.807, 2.05) is 0 Å². The highest BCUT2D eigenvalue weighted by atomic mass is 19.1. The van der Waals surface area contributed by atoms with E-state index in [1.54, 1.807) is 29.3 Å². The third-order valence-electron chi connectivity index (χ3n) is 4.02. The predicted molar refractivity (Wildman–Crippen MR) is 84.6 cm³/mol. The summed E-state index contributed by atoms with van der Waals surface area (Å²) in [5.74, 6) is -0.736. The minimum absolute atomic E-state index is 0.117. The van der Waals surface area contributed by atoms with E-state index in [2.05, 4.69) is 9.88 Å². The number of H-pyrrole nitrogens is 1. The van der Waals surface area contributed by atoms with Gasteiger partial charge in [0.1, 0.15) is 5.82 Å². The second-order valence-corrected chi connectivity index (χ2v) is 5.61. The molecule has 1 aromatic heterocycles. The summed E-state index contributed by atoms with van der Waals surface area (Å²) in [6.45, 7) is 3.30. The number of carbonyl (C=O) groups excluding carboxylic acids is 1. The van der Waals surface area contributed by atoms with Crippen molar-refractivity contribution in [2.75, 3.05) is 26.2 Å². The van der Waals surface area contributed by atoms with Gasteiger partial charge in [0.15, 0.2) is 0 Å². The van der Waals surface area contributed by atoms with Crippen LogP contribution in [0.1, 0.15) is 15.9 Å². The van der Waals surface area contributed by atoms with Crippen LogP contribution in [-0.2, 0) is 6.54 Å². The first-order valence-corrected chi connectivity index (χ1v) is 7.57. The predicted octanol–water partition coefficient (Wildman–Crippen LogP) is 1.47. The van der Waals surface area contributed by atoms with Crippen LogP contribution >= 0.6 is 0 Å². The number of aromatic nitrogens is 1. The highest BCUT2D eigenvalue weighted by Crippen LogP contribution is 2.13. The van der Waals surface area contributed by atoms with E-state index in [-0.39, 0.29) is 17.0 Å². The van der Waals surface area contributed by atoms with Gasteiger partial charge in [-0.3, -0.25) is 14.5 Å². The minimum Gasteiger partial charge on any atom is -0.336 e. The molecule has 1 N–H and O–H groups in total. The Morgan fingerprint density at radius 3 is 2.48 bits per heavy atom. The molecule has 6 heteroatoms. The summed E-state index contributed by atoms with van der Waals surface area (Å²) < 4.78 is 13.7. The van der Waals surface area contributed by atoms with Crippen molar-refractivity contribution in [2.24, 2.45) is 0 Å². The zero-order chi connectivity index (χ0) is 16.2. The molecule has 1 aliphatic heterocycles. The van der Waals surface area contributed by atoms with Gasteiger partial charge >= 0.3 is 0 Å². The Hall–Kier alpha value is -2.47. The number of nitrogens with zero attached hydrogens (tertiary/aromatic N) is 2. The van der Waals surface area contributed by atoms with E-state index < -0.39 is 5.82 Å². The Balaban J connectivity index is 1.58. The minimum atomic E-state index is -0.479. The Bertz CT molecular complexity index is 731. The summed E-state index contributed by atoms with van der Waals surface area (Å²) in [6, 6.07) is 9.38. The first-order valence-electron chi connectivity index (χ1n) is 7.57. The van der Waals surface area contributed by atoms with Crippen LogP contribution in [-0.4, -0.2) is 46.9 Å². The van der Waals surface area contributed by atoms with Crippen molar-refractivity contribution in [3.63, 3.8) is 0 Å². The van der Waals surface area contributed by atoms with Crippen molar-refractivity contribution >= 4 is 5.91 Å². The van der Waals surface area contributed by atoms with Gasteiger partial charge in [0, 0.05) is 45.0 Å². The smallest absolute Gasteiger partial charge is 0.256 e. The zero-order valence-electron chi connectivity index (χ0n) is 12.7. The van der Waals surface area contributed by atoms with Crippen molar-refractivity contribution in [1.29, 1.82) is 0 Å². The van der Waals surface area contributed by atoms with E-state index in [9.17, 15) is 14.0 Å². The van der Waals surface area contributed by atoms with Crippen molar-refractivity contribution in [3.8, 4) is 0 Å². The second-order valence-electron chi connectivity index (χ2n) is 5.61. The number of hydrogen-bond donors (Lipinski definition) is 1. The number of nitrogens with one attached hydrogen (secondary N) is 1. The van der Waals surface area contributed by atoms with Gasteiger partial charge < -0.3 is 9.88 Å². The number of halogens is 1. The summed E-state index contributed by atoms with van der Waals surface area (Å²) >= 11 is 0. The lowest BCUT2D eigenvalue weighted by Crippen LogP contribution is -2.48. The summed E-state index contributed by atoms with van der Waals surface area (Å²) in [5, 5.41) is 0. The number of pyridine rings is 1. The van der Waals surface area contributed by atoms with Gasteiger partial charge in [-0.1, -0.05) is 18.2 Å². The molecule has 1 aliphatic rings. The van der Waals surface area contributed by atoms with Crippen LogP contribution in [0, 0.1) is 5.82 Å². The van der Waals surface area contributed by atoms with Gasteiger partial charge in [-0.15, -0.1) is 0 Å². The molecule has 1 amide bonds. The molecule has 1 saturated heterocycles. The van der Waals surface area contributed by atoms with Crippen molar-refractivity contribution < 1.29 is 9.18 Å². The topological polar surface area (TPSA) is 56.4 Å². The van der Waals surface area contributed by atoms with Crippen LogP contribution in [0.25, 0.3) is 0 Å². The first-order chi connectivity index (χ1) is 11.1. The lowest BCUT2D eigenvalue weighted by molar-refractivity contribution is 0.0624. The van der Waals surface area contributed by atoms with E-state index in [1.165, 1.54) is 18.2 Å². The first kappa shape index (κ1) is 15.4. The van der Waals surface area contributed by atoms with Crippen LogP contribution in [0.5, 0.6) is 0 Å². The molecule has 23 heavy (non-hydrogen) atoms. The number of hydrogen-bond acceptors (Lipinski definition) is 3. The molecular weight excluding hydrogens is 297 g/mol. The number of piperazine rings is 1. The highest BCUT2D eigenvalue weighted by molar-refractivity contribution is 5.94. The molecule has 3 rings (SSSR count). The number of rotatable bonds is 3. The molecule has 2 heterocycles. The fraction of sp³-hybridized carbons (Fsp3) is 0.294. The summed E-state index contributed by atoms with van der Waals surface area (Å²) in [4.78, 5) is 29.9. The summed E-state index contributed by atoms with van der Waals surface area (Å²) in [7, 11) is 0. The van der Waals surface area contributed by atoms with Gasteiger partial charge in [0.25, 0.3) is 5.91 Å². The van der Waals surface area contributed by atoms with Crippen LogP contribution < -0.4 is 5.56 Å². The maximum Gasteiger partial charge on any atom is 0.256 e. The number of amides is 1. The molecule has 1 aromatic carbocycles. The van der Waals surface area contributed by atoms with Crippen LogP contribution in [0.3, 0.4) is 0 Å². The molecule has 0 radical (unpaired) electrons. The maximum atomic E-state index is 13.7. The van der Waals surface area contributed by atoms with Crippen molar-refractivity contribution in [2.45, 2.75) is 6.54 Å². The average molecular weight is 315 g/mol. The SMILES string of the molecule is O=C(c1ccccc1F)N1CCN(Cc2ccc(=O)[nH]c2)CC1. The van der Waals surface area contributed by atoms with Crippen molar-refractivity contribution in [1.82, 2.24) is 14.8 Å². The zero-order valence-corrected chi connectivity index (χ0v) is 12.7. The molecule has 1 fully saturated rings. The normalized spacial score (nSPS) is 15.6. The Morgan fingerprint density at radius 2 is 1.83 bits per heavy atom. The molecule has 0 saturated carbocycles. The van der Waals surface area contributed by atoms with E-state index in [4.69, 9.17) is 0 Å². The Kier molecular flexibility index (Phi) is 4.52. The monoisotopic (exact) mass is 315 g/mol. The number of aromatic amines is 1. The van der Waals surface area contributed by atoms with E-state index in [0.717, 1.165) is 25.2 Å². The molecule has 2 aromatic rings. The molecule has 5 nitrogen and oxygen atoms in total. The molecule has 0 spiro atoms.